The van der Waals surface area contributed by atoms with Crippen LogP contribution in [0.15, 0.2) is 24.3 Å². The Hall–Kier alpha value is -0.890. The van der Waals surface area contributed by atoms with E-state index in [2.05, 4.69) is 11.9 Å². The van der Waals surface area contributed by atoms with E-state index in [0.29, 0.717) is 5.92 Å². The van der Waals surface area contributed by atoms with Gasteiger partial charge in [0, 0.05) is 13.1 Å². The number of benzene rings is 1. The Bertz CT molecular complexity index is 386. The Balaban J connectivity index is 1.84. The van der Waals surface area contributed by atoms with Crippen LogP contribution in [0.2, 0.25) is 0 Å². The van der Waals surface area contributed by atoms with Gasteiger partial charge in [0.1, 0.15) is 5.82 Å². The molecule has 0 amide bonds. The van der Waals surface area contributed by atoms with E-state index in [1.807, 2.05) is 12.1 Å². The summed E-state index contributed by atoms with van der Waals surface area (Å²) >= 11 is 0. The topological polar surface area (TPSA) is 3.24 Å². The molecule has 3 atom stereocenters. The Morgan fingerprint density at radius 2 is 1.88 bits per heavy atom. The van der Waals surface area contributed by atoms with Crippen molar-refractivity contribution in [2.45, 2.75) is 25.2 Å². The van der Waals surface area contributed by atoms with Gasteiger partial charge in [-0.2, -0.15) is 0 Å². The van der Waals surface area contributed by atoms with Gasteiger partial charge in [-0.1, -0.05) is 18.6 Å². The average molecular weight is 233 g/mol. The smallest absolute Gasteiger partial charge is 0.123 e. The van der Waals surface area contributed by atoms with E-state index in [-0.39, 0.29) is 5.82 Å². The van der Waals surface area contributed by atoms with Crippen LogP contribution < -0.4 is 0 Å². The largest absolute Gasteiger partial charge is 0.306 e. The number of fused-ring (bicyclic) bond motifs is 1. The molecule has 2 aliphatic rings. The molecule has 0 spiro atoms. The highest BCUT2D eigenvalue weighted by molar-refractivity contribution is 5.22. The highest BCUT2D eigenvalue weighted by Crippen LogP contribution is 2.44. The summed E-state index contributed by atoms with van der Waals surface area (Å²) in [6.07, 6.45) is 3.99. The van der Waals surface area contributed by atoms with Crippen molar-refractivity contribution < 1.29 is 4.39 Å². The van der Waals surface area contributed by atoms with Gasteiger partial charge in [-0.3, -0.25) is 0 Å². The normalized spacial score (nSPS) is 33.6. The number of nitrogens with zero attached hydrogens (tertiary/aromatic N) is 1. The molecule has 1 aromatic rings. The molecule has 92 valence electrons. The van der Waals surface area contributed by atoms with Gasteiger partial charge in [0.15, 0.2) is 0 Å². The highest BCUT2D eigenvalue weighted by atomic mass is 19.1. The van der Waals surface area contributed by atoms with Gasteiger partial charge >= 0.3 is 0 Å². The zero-order chi connectivity index (χ0) is 11.8. The van der Waals surface area contributed by atoms with Crippen molar-refractivity contribution >= 4 is 0 Å². The van der Waals surface area contributed by atoms with E-state index < -0.39 is 0 Å². The summed E-state index contributed by atoms with van der Waals surface area (Å²) in [6, 6.07) is 7.19. The standard InChI is InChI=1S/C15H20FN/c1-17-9-12-3-2-4-14(15(12)10-17)11-5-7-13(16)8-6-11/h5-8,12,14-15H,2-4,9-10H2,1H3. The van der Waals surface area contributed by atoms with E-state index in [4.69, 9.17) is 0 Å². The molecule has 2 fully saturated rings. The minimum absolute atomic E-state index is 0.121. The Morgan fingerprint density at radius 3 is 2.65 bits per heavy atom. The number of hydrogen-bond donors (Lipinski definition) is 0. The van der Waals surface area contributed by atoms with Crippen LogP contribution in [0.3, 0.4) is 0 Å². The van der Waals surface area contributed by atoms with Gasteiger partial charge in [-0.25, -0.2) is 4.39 Å². The van der Waals surface area contributed by atoms with Crippen molar-refractivity contribution in [2.24, 2.45) is 11.8 Å². The highest BCUT2D eigenvalue weighted by Gasteiger charge is 2.39. The lowest BCUT2D eigenvalue weighted by atomic mass is 9.71. The van der Waals surface area contributed by atoms with Crippen LogP contribution in [-0.2, 0) is 0 Å². The molecule has 17 heavy (non-hydrogen) atoms. The van der Waals surface area contributed by atoms with Crippen LogP contribution in [0, 0.1) is 17.7 Å². The van der Waals surface area contributed by atoms with Gasteiger partial charge in [0.05, 0.1) is 0 Å². The van der Waals surface area contributed by atoms with Crippen LogP contribution in [0.25, 0.3) is 0 Å². The maximum Gasteiger partial charge on any atom is 0.123 e. The molecule has 1 heterocycles. The van der Waals surface area contributed by atoms with Crippen molar-refractivity contribution in [3.63, 3.8) is 0 Å². The molecule has 1 aliphatic carbocycles. The molecule has 2 heteroatoms. The van der Waals surface area contributed by atoms with Crippen LogP contribution in [-0.4, -0.2) is 25.0 Å². The quantitative estimate of drug-likeness (QED) is 0.719. The molecular weight excluding hydrogens is 213 g/mol. The molecule has 0 aromatic heterocycles. The number of likely N-dealkylation sites (tertiary alicyclic amines) is 1. The first-order chi connectivity index (χ1) is 8.24. The van der Waals surface area contributed by atoms with E-state index in [1.54, 1.807) is 12.1 Å². The first-order valence-electron chi connectivity index (χ1n) is 6.68. The van der Waals surface area contributed by atoms with Crippen LogP contribution >= 0.6 is 0 Å². The molecule has 0 N–H and O–H groups in total. The first-order valence-corrected chi connectivity index (χ1v) is 6.68. The SMILES string of the molecule is CN1CC2CCCC(c3ccc(F)cc3)C2C1. The summed E-state index contributed by atoms with van der Waals surface area (Å²) in [5.41, 5.74) is 1.34. The van der Waals surface area contributed by atoms with Gasteiger partial charge in [0.2, 0.25) is 0 Å². The van der Waals surface area contributed by atoms with Crippen molar-refractivity contribution in [1.29, 1.82) is 0 Å². The third-order valence-electron chi connectivity index (χ3n) is 4.58. The number of halogens is 1. The second kappa shape index (κ2) is 4.41. The summed E-state index contributed by atoms with van der Waals surface area (Å²) in [5.74, 6) is 2.19. The van der Waals surface area contributed by atoms with Crippen molar-refractivity contribution in [1.82, 2.24) is 4.90 Å². The molecule has 3 rings (SSSR count). The molecule has 1 aromatic carbocycles. The van der Waals surface area contributed by atoms with Gasteiger partial charge in [0.25, 0.3) is 0 Å². The van der Waals surface area contributed by atoms with E-state index in [9.17, 15) is 4.39 Å². The maximum atomic E-state index is 13.0. The Kier molecular flexibility index (Phi) is 2.91. The Morgan fingerprint density at radius 1 is 1.12 bits per heavy atom. The van der Waals surface area contributed by atoms with Crippen LogP contribution in [0.5, 0.6) is 0 Å². The maximum absolute atomic E-state index is 13.0. The van der Waals surface area contributed by atoms with Gasteiger partial charge in [-0.15, -0.1) is 0 Å². The van der Waals surface area contributed by atoms with Crippen molar-refractivity contribution in [2.75, 3.05) is 20.1 Å². The van der Waals surface area contributed by atoms with E-state index in [1.165, 1.54) is 37.9 Å². The van der Waals surface area contributed by atoms with Crippen LogP contribution in [0.1, 0.15) is 30.7 Å². The molecule has 0 bridgehead atoms. The lowest BCUT2D eigenvalue weighted by molar-refractivity contribution is 0.258. The van der Waals surface area contributed by atoms with Crippen molar-refractivity contribution in [3.8, 4) is 0 Å². The molecule has 1 saturated heterocycles. The monoisotopic (exact) mass is 233 g/mol. The summed E-state index contributed by atoms with van der Waals surface area (Å²) in [4.78, 5) is 2.46. The molecular formula is C15H20FN. The zero-order valence-electron chi connectivity index (χ0n) is 10.4. The molecule has 1 nitrogen and oxygen atoms in total. The fraction of sp³-hybridized carbons (Fsp3) is 0.600. The fourth-order valence-electron chi connectivity index (χ4n) is 3.82. The zero-order valence-corrected chi connectivity index (χ0v) is 10.4. The second-order valence-corrected chi connectivity index (χ2v) is 5.73. The minimum Gasteiger partial charge on any atom is -0.306 e. The molecule has 3 unspecified atom stereocenters. The Labute approximate surface area is 103 Å². The predicted molar refractivity (Wildman–Crippen MR) is 67.5 cm³/mol. The predicted octanol–water partition coefficient (Wildman–Crippen LogP) is 3.27. The minimum atomic E-state index is -0.121. The lowest BCUT2D eigenvalue weighted by Gasteiger charge is -2.33. The third-order valence-corrected chi connectivity index (χ3v) is 4.58. The van der Waals surface area contributed by atoms with Crippen molar-refractivity contribution in [3.05, 3.63) is 35.6 Å². The summed E-state index contributed by atoms with van der Waals surface area (Å²) in [6.45, 7) is 2.47. The third kappa shape index (κ3) is 2.11. The van der Waals surface area contributed by atoms with E-state index >= 15 is 0 Å². The summed E-state index contributed by atoms with van der Waals surface area (Å²) in [7, 11) is 2.22. The average Bonchev–Trinajstić information content (AvgIpc) is 2.70. The second-order valence-electron chi connectivity index (χ2n) is 5.73. The molecule has 1 saturated carbocycles. The van der Waals surface area contributed by atoms with Gasteiger partial charge < -0.3 is 4.90 Å². The summed E-state index contributed by atoms with van der Waals surface area (Å²) < 4.78 is 13.0. The van der Waals surface area contributed by atoms with Crippen LogP contribution in [0.4, 0.5) is 4.39 Å². The number of hydrogen-bond acceptors (Lipinski definition) is 1. The molecule has 1 aliphatic heterocycles. The number of rotatable bonds is 1. The van der Waals surface area contributed by atoms with Gasteiger partial charge in [-0.05, 0) is 55.3 Å². The lowest BCUT2D eigenvalue weighted by Crippen LogP contribution is -2.25. The molecule has 0 radical (unpaired) electrons. The first kappa shape index (κ1) is 11.2. The summed E-state index contributed by atoms with van der Waals surface area (Å²) in [5, 5.41) is 0. The fourth-order valence-corrected chi connectivity index (χ4v) is 3.82. The van der Waals surface area contributed by atoms with E-state index in [0.717, 1.165) is 11.8 Å².